The number of hydrogen-bond acceptors (Lipinski definition) is 2. The molecule has 0 unspecified atom stereocenters. The molecule has 5 heteroatoms. The Hall–Kier alpha value is -2.66. The van der Waals surface area contributed by atoms with E-state index in [1.165, 1.54) is 16.7 Å². The molecule has 0 fully saturated rings. The van der Waals surface area contributed by atoms with Crippen molar-refractivity contribution in [2.24, 2.45) is 0 Å². The summed E-state index contributed by atoms with van der Waals surface area (Å²) >= 11 is 5.36. The number of aryl methyl sites for hydroxylation is 2. The first kappa shape index (κ1) is 17.2. The van der Waals surface area contributed by atoms with Crippen LogP contribution in [0.2, 0.25) is 0 Å². The van der Waals surface area contributed by atoms with E-state index < -0.39 is 0 Å². The Labute approximate surface area is 153 Å². The molecule has 25 heavy (non-hydrogen) atoms. The summed E-state index contributed by atoms with van der Waals surface area (Å²) in [6.45, 7) is 4.97. The number of aromatic nitrogens is 2. The van der Waals surface area contributed by atoms with Crippen LogP contribution in [0.25, 0.3) is 0 Å². The topological polar surface area (TPSA) is 41.9 Å². The van der Waals surface area contributed by atoms with E-state index in [-0.39, 0.29) is 0 Å². The van der Waals surface area contributed by atoms with Gasteiger partial charge in [0.05, 0.1) is 6.54 Å². The summed E-state index contributed by atoms with van der Waals surface area (Å²) in [4.78, 5) is 0. The van der Waals surface area contributed by atoms with E-state index >= 15 is 0 Å². The molecule has 0 aliphatic carbocycles. The lowest BCUT2D eigenvalue weighted by molar-refractivity contribution is 0.689. The van der Waals surface area contributed by atoms with Gasteiger partial charge in [-0.25, -0.2) is 0 Å². The van der Waals surface area contributed by atoms with E-state index in [1.807, 2.05) is 29.1 Å². The molecule has 0 bridgehead atoms. The van der Waals surface area contributed by atoms with Gasteiger partial charge in [-0.15, -0.1) is 0 Å². The summed E-state index contributed by atoms with van der Waals surface area (Å²) in [5.41, 5.74) is 4.75. The van der Waals surface area contributed by atoms with Crippen LogP contribution in [0.5, 0.6) is 0 Å². The van der Waals surface area contributed by atoms with Gasteiger partial charge in [0.15, 0.2) is 10.9 Å². The number of thiocarbonyl (C=S) groups is 1. The number of rotatable bonds is 5. The average Bonchev–Trinajstić information content (AvgIpc) is 3.02. The Morgan fingerprint density at radius 2 is 1.84 bits per heavy atom. The molecule has 2 aromatic carbocycles. The van der Waals surface area contributed by atoms with Gasteiger partial charge >= 0.3 is 0 Å². The van der Waals surface area contributed by atoms with Crippen LogP contribution in [0, 0.1) is 6.92 Å². The maximum atomic E-state index is 5.36. The second-order valence-corrected chi connectivity index (χ2v) is 6.43. The number of benzene rings is 2. The predicted octanol–water partition coefficient (Wildman–Crippen LogP) is 4.61. The third-order valence-electron chi connectivity index (χ3n) is 3.93. The zero-order valence-electron chi connectivity index (χ0n) is 14.5. The number of nitrogens with one attached hydrogen (secondary N) is 2. The number of anilines is 2. The molecule has 3 rings (SSSR count). The fourth-order valence-electron chi connectivity index (χ4n) is 2.62. The maximum absolute atomic E-state index is 5.36. The maximum Gasteiger partial charge on any atom is 0.176 e. The second-order valence-electron chi connectivity index (χ2n) is 6.02. The van der Waals surface area contributed by atoms with Gasteiger partial charge in [-0.1, -0.05) is 48.9 Å². The highest BCUT2D eigenvalue weighted by Crippen LogP contribution is 2.12. The summed E-state index contributed by atoms with van der Waals surface area (Å²) in [6.07, 6.45) is 2.98. The molecule has 1 aromatic heterocycles. The minimum absolute atomic E-state index is 0.532. The van der Waals surface area contributed by atoms with Crippen molar-refractivity contribution in [3.8, 4) is 0 Å². The van der Waals surface area contributed by atoms with Gasteiger partial charge in [-0.2, -0.15) is 5.10 Å². The first-order valence-electron chi connectivity index (χ1n) is 8.38. The molecule has 0 amide bonds. The molecular formula is C20H22N4S. The molecule has 1 heterocycles. The minimum atomic E-state index is 0.532. The van der Waals surface area contributed by atoms with Crippen LogP contribution >= 0.6 is 12.2 Å². The van der Waals surface area contributed by atoms with Gasteiger partial charge in [0.2, 0.25) is 0 Å². The summed E-state index contributed by atoms with van der Waals surface area (Å²) in [7, 11) is 0. The van der Waals surface area contributed by atoms with E-state index in [1.54, 1.807) is 0 Å². The lowest BCUT2D eigenvalue weighted by Gasteiger charge is -2.09. The SMILES string of the molecule is CCc1ccc(NC(=S)Nc2ccn(Cc3cccc(C)c3)n2)cc1. The molecule has 0 atom stereocenters. The molecule has 0 radical (unpaired) electrons. The van der Waals surface area contributed by atoms with Crippen molar-refractivity contribution >= 4 is 28.8 Å². The van der Waals surface area contributed by atoms with Crippen LogP contribution in [0.15, 0.2) is 60.8 Å². The largest absolute Gasteiger partial charge is 0.332 e. The summed E-state index contributed by atoms with van der Waals surface area (Å²) < 4.78 is 1.90. The van der Waals surface area contributed by atoms with Crippen LogP contribution < -0.4 is 10.6 Å². The number of nitrogens with zero attached hydrogens (tertiary/aromatic N) is 2. The van der Waals surface area contributed by atoms with Crippen molar-refractivity contribution < 1.29 is 0 Å². The molecule has 0 saturated heterocycles. The normalized spacial score (nSPS) is 10.5. The monoisotopic (exact) mass is 350 g/mol. The third-order valence-corrected chi connectivity index (χ3v) is 4.13. The Morgan fingerprint density at radius 1 is 1.04 bits per heavy atom. The smallest absolute Gasteiger partial charge is 0.176 e. The standard InChI is InChI=1S/C20H22N4S/c1-3-16-7-9-18(10-8-16)21-20(25)22-19-11-12-24(23-19)14-17-6-4-5-15(2)13-17/h4-13H,3,14H2,1-2H3,(H2,21,22,23,25). The highest BCUT2D eigenvalue weighted by Gasteiger charge is 2.03. The molecule has 0 aliphatic rings. The van der Waals surface area contributed by atoms with Gasteiger partial charge in [0, 0.05) is 18.0 Å². The van der Waals surface area contributed by atoms with Crippen LogP contribution in [-0.4, -0.2) is 14.9 Å². The van der Waals surface area contributed by atoms with Crippen molar-refractivity contribution in [3.05, 3.63) is 77.5 Å². The van der Waals surface area contributed by atoms with Crippen LogP contribution in [0.1, 0.15) is 23.6 Å². The molecule has 3 aromatic rings. The van der Waals surface area contributed by atoms with Crippen molar-refractivity contribution in [1.29, 1.82) is 0 Å². The summed E-state index contributed by atoms with van der Waals surface area (Å²) in [5, 5.41) is 11.4. The Bertz CT molecular complexity index is 852. The molecule has 4 nitrogen and oxygen atoms in total. The zero-order valence-corrected chi connectivity index (χ0v) is 15.3. The van der Waals surface area contributed by atoms with E-state index in [0.29, 0.717) is 5.11 Å². The van der Waals surface area contributed by atoms with Gasteiger partial charge in [0.1, 0.15) is 0 Å². The zero-order chi connectivity index (χ0) is 17.6. The van der Waals surface area contributed by atoms with Crippen molar-refractivity contribution in [1.82, 2.24) is 9.78 Å². The van der Waals surface area contributed by atoms with Gasteiger partial charge in [-0.3, -0.25) is 4.68 Å². The molecule has 0 saturated carbocycles. The second kappa shape index (κ2) is 7.94. The molecule has 128 valence electrons. The van der Waals surface area contributed by atoms with E-state index in [0.717, 1.165) is 24.5 Å². The van der Waals surface area contributed by atoms with Crippen LogP contribution in [-0.2, 0) is 13.0 Å². The van der Waals surface area contributed by atoms with Gasteiger partial charge in [-0.05, 0) is 48.8 Å². The van der Waals surface area contributed by atoms with E-state index in [2.05, 4.69) is 66.0 Å². The fraction of sp³-hybridized carbons (Fsp3) is 0.200. The quantitative estimate of drug-likeness (QED) is 0.659. The fourth-order valence-corrected chi connectivity index (χ4v) is 2.84. The highest BCUT2D eigenvalue weighted by atomic mass is 32.1. The minimum Gasteiger partial charge on any atom is -0.332 e. The van der Waals surface area contributed by atoms with Crippen molar-refractivity contribution in [3.63, 3.8) is 0 Å². The first-order valence-corrected chi connectivity index (χ1v) is 8.79. The van der Waals surface area contributed by atoms with E-state index in [4.69, 9.17) is 12.2 Å². The predicted molar refractivity (Wildman–Crippen MR) is 108 cm³/mol. The molecular weight excluding hydrogens is 328 g/mol. The Morgan fingerprint density at radius 3 is 2.56 bits per heavy atom. The van der Waals surface area contributed by atoms with Gasteiger partial charge < -0.3 is 10.6 Å². The van der Waals surface area contributed by atoms with Crippen LogP contribution in [0.3, 0.4) is 0 Å². The lowest BCUT2D eigenvalue weighted by Crippen LogP contribution is -2.19. The summed E-state index contributed by atoms with van der Waals surface area (Å²) in [5.74, 6) is 0.732. The molecule has 2 N–H and O–H groups in total. The van der Waals surface area contributed by atoms with Crippen molar-refractivity contribution in [2.75, 3.05) is 10.6 Å². The highest BCUT2D eigenvalue weighted by molar-refractivity contribution is 7.80. The summed E-state index contributed by atoms with van der Waals surface area (Å²) in [6, 6.07) is 18.6. The first-order chi connectivity index (χ1) is 12.1. The molecule has 0 spiro atoms. The Kier molecular flexibility index (Phi) is 5.46. The third kappa shape index (κ3) is 4.90. The average molecular weight is 350 g/mol. The van der Waals surface area contributed by atoms with Crippen molar-refractivity contribution in [2.45, 2.75) is 26.8 Å². The Balaban J connectivity index is 1.57. The number of hydrogen-bond donors (Lipinski definition) is 2. The van der Waals surface area contributed by atoms with E-state index in [9.17, 15) is 0 Å². The molecule has 0 aliphatic heterocycles. The van der Waals surface area contributed by atoms with Gasteiger partial charge in [0.25, 0.3) is 0 Å². The van der Waals surface area contributed by atoms with Crippen LogP contribution in [0.4, 0.5) is 11.5 Å². The lowest BCUT2D eigenvalue weighted by atomic mass is 10.1.